The van der Waals surface area contributed by atoms with Crippen molar-refractivity contribution in [2.75, 3.05) is 18.1 Å². The van der Waals surface area contributed by atoms with Gasteiger partial charge in [-0.1, -0.05) is 0 Å². The third-order valence-electron chi connectivity index (χ3n) is 5.13. The highest BCUT2D eigenvalue weighted by atomic mass is 19.3. The Hall–Kier alpha value is -3.23. The first-order valence-electron chi connectivity index (χ1n) is 9.63. The van der Waals surface area contributed by atoms with E-state index >= 15 is 0 Å². The first-order chi connectivity index (χ1) is 14.5. The summed E-state index contributed by atoms with van der Waals surface area (Å²) in [4.78, 5) is 14.2. The molecule has 0 spiro atoms. The van der Waals surface area contributed by atoms with Crippen LogP contribution in [0.4, 0.5) is 18.9 Å². The lowest BCUT2D eigenvalue weighted by Crippen LogP contribution is -2.23. The molecule has 1 unspecified atom stereocenters. The van der Waals surface area contributed by atoms with E-state index in [1.54, 1.807) is 23.7 Å². The normalized spacial score (nSPS) is 16.4. The second kappa shape index (κ2) is 8.25. The molecule has 1 fully saturated rings. The van der Waals surface area contributed by atoms with Crippen molar-refractivity contribution in [2.45, 2.75) is 32.4 Å². The smallest absolute Gasteiger partial charge is 0.387 e. The van der Waals surface area contributed by atoms with Crippen molar-refractivity contribution < 1.29 is 27.4 Å². The van der Waals surface area contributed by atoms with E-state index < -0.39 is 18.4 Å². The molecule has 2 aromatic heterocycles. The zero-order valence-electron chi connectivity index (χ0n) is 16.2. The summed E-state index contributed by atoms with van der Waals surface area (Å²) >= 11 is 0. The first-order valence-corrected chi connectivity index (χ1v) is 9.63. The minimum atomic E-state index is -3.00. The number of alkyl halides is 2. The van der Waals surface area contributed by atoms with Crippen LogP contribution in [0, 0.1) is 5.82 Å². The van der Waals surface area contributed by atoms with Crippen molar-refractivity contribution in [3.05, 3.63) is 59.7 Å². The maximum Gasteiger partial charge on any atom is 0.387 e. The Morgan fingerprint density at radius 3 is 2.90 bits per heavy atom. The predicted molar refractivity (Wildman–Crippen MR) is 104 cm³/mol. The summed E-state index contributed by atoms with van der Waals surface area (Å²) in [6.07, 6.45) is 4.60. The van der Waals surface area contributed by atoms with E-state index in [2.05, 4.69) is 9.84 Å². The lowest BCUT2D eigenvalue weighted by molar-refractivity contribution is -0.0506. The molecule has 0 radical (unpaired) electrons. The molecule has 0 amide bonds. The third-order valence-corrected chi connectivity index (χ3v) is 5.13. The Morgan fingerprint density at radius 1 is 1.30 bits per heavy atom. The first kappa shape index (κ1) is 20.1. The number of hydrogen-bond acceptors (Lipinski definition) is 5. The zero-order chi connectivity index (χ0) is 21.3. The van der Waals surface area contributed by atoms with Crippen LogP contribution < -0.4 is 9.64 Å². The van der Waals surface area contributed by atoms with Gasteiger partial charge in [0.2, 0.25) is 0 Å². The molecule has 1 saturated heterocycles. The van der Waals surface area contributed by atoms with Gasteiger partial charge in [-0.15, -0.1) is 0 Å². The van der Waals surface area contributed by atoms with E-state index in [1.807, 2.05) is 11.0 Å². The Balaban J connectivity index is 1.72. The van der Waals surface area contributed by atoms with Crippen molar-refractivity contribution in [1.82, 2.24) is 9.61 Å². The SMILES string of the molecule is CCOC(=O)c1cnn2ccc(N3CCCC3c3cc(F)ccc3OC(F)F)cc12. The number of benzene rings is 1. The molecule has 30 heavy (non-hydrogen) atoms. The summed E-state index contributed by atoms with van der Waals surface area (Å²) in [5.74, 6) is -1.03. The van der Waals surface area contributed by atoms with Crippen LogP contribution in [0.5, 0.6) is 5.75 Å². The average Bonchev–Trinajstić information content (AvgIpc) is 3.35. The van der Waals surface area contributed by atoms with Crippen LogP contribution in [0.1, 0.15) is 41.7 Å². The molecule has 3 aromatic rings. The molecular weight excluding hydrogens is 399 g/mol. The van der Waals surface area contributed by atoms with Gasteiger partial charge in [0.15, 0.2) is 0 Å². The Bertz CT molecular complexity index is 1070. The van der Waals surface area contributed by atoms with Gasteiger partial charge in [-0.2, -0.15) is 13.9 Å². The van der Waals surface area contributed by atoms with E-state index in [1.165, 1.54) is 18.3 Å². The summed E-state index contributed by atoms with van der Waals surface area (Å²) in [5.41, 5.74) is 2.04. The van der Waals surface area contributed by atoms with Crippen LogP contribution in [-0.4, -0.2) is 35.3 Å². The van der Waals surface area contributed by atoms with Crippen molar-refractivity contribution in [3.8, 4) is 5.75 Å². The number of ether oxygens (including phenoxy) is 2. The zero-order valence-corrected chi connectivity index (χ0v) is 16.2. The van der Waals surface area contributed by atoms with Gasteiger partial charge in [-0.25, -0.2) is 13.7 Å². The number of fused-ring (bicyclic) bond motifs is 1. The highest BCUT2D eigenvalue weighted by Gasteiger charge is 2.30. The van der Waals surface area contributed by atoms with Gasteiger partial charge in [-0.3, -0.25) is 0 Å². The van der Waals surface area contributed by atoms with E-state index in [-0.39, 0.29) is 18.4 Å². The highest BCUT2D eigenvalue weighted by molar-refractivity contribution is 5.97. The second-order valence-corrected chi connectivity index (χ2v) is 6.91. The van der Waals surface area contributed by atoms with Crippen molar-refractivity contribution in [3.63, 3.8) is 0 Å². The summed E-state index contributed by atoms with van der Waals surface area (Å²) in [6, 6.07) is 6.84. The topological polar surface area (TPSA) is 56.1 Å². The van der Waals surface area contributed by atoms with Gasteiger partial charge < -0.3 is 14.4 Å². The van der Waals surface area contributed by atoms with Gasteiger partial charge in [0.1, 0.15) is 17.1 Å². The maximum absolute atomic E-state index is 13.9. The molecule has 6 nitrogen and oxygen atoms in total. The van der Waals surface area contributed by atoms with Crippen LogP contribution in [0.3, 0.4) is 0 Å². The molecule has 158 valence electrons. The van der Waals surface area contributed by atoms with Crippen LogP contribution in [-0.2, 0) is 4.74 Å². The molecule has 0 bridgehead atoms. The molecule has 3 heterocycles. The van der Waals surface area contributed by atoms with Gasteiger partial charge >= 0.3 is 12.6 Å². The molecule has 1 atom stereocenters. The quantitative estimate of drug-likeness (QED) is 0.547. The monoisotopic (exact) mass is 419 g/mol. The van der Waals surface area contributed by atoms with E-state index in [9.17, 15) is 18.0 Å². The molecule has 1 aliphatic heterocycles. The van der Waals surface area contributed by atoms with Gasteiger partial charge in [-0.05, 0) is 50.1 Å². The minimum Gasteiger partial charge on any atom is -0.462 e. The molecule has 0 aliphatic carbocycles. The number of aromatic nitrogens is 2. The standard InChI is InChI=1S/C21H20F3N3O3/c1-2-29-20(28)16-12-25-27-9-7-14(11-18(16)27)26-8-3-4-17(26)15-10-13(22)5-6-19(15)30-21(23)24/h5-7,9-12,17,21H,2-4,8H2,1H3. The van der Waals surface area contributed by atoms with E-state index in [4.69, 9.17) is 4.74 Å². The van der Waals surface area contributed by atoms with Gasteiger partial charge in [0, 0.05) is 24.0 Å². The van der Waals surface area contributed by atoms with Crippen molar-refractivity contribution >= 4 is 17.2 Å². The van der Waals surface area contributed by atoms with Crippen molar-refractivity contribution in [1.29, 1.82) is 0 Å². The fourth-order valence-corrected chi connectivity index (χ4v) is 3.90. The lowest BCUT2D eigenvalue weighted by Gasteiger charge is -2.28. The van der Waals surface area contributed by atoms with Gasteiger partial charge in [0.25, 0.3) is 0 Å². The molecule has 1 aliphatic rings. The summed E-state index contributed by atoms with van der Waals surface area (Å²) in [7, 11) is 0. The Kier molecular flexibility index (Phi) is 5.52. The molecule has 0 N–H and O–H groups in total. The van der Waals surface area contributed by atoms with Crippen LogP contribution in [0.2, 0.25) is 0 Å². The van der Waals surface area contributed by atoms with Crippen LogP contribution in [0.25, 0.3) is 5.52 Å². The predicted octanol–water partition coefficient (Wildman–Crippen LogP) is 4.59. The second-order valence-electron chi connectivity index (χ2n) is 6.91. The Labute approximate surface area is 170 Å². The number of halogens is 3. The molecule has 0 saturated carbocycles. The average molecular weight is 419 g/mol. The molecule has 1 aromatic carbocycles. The fraction of sp³-hybridized carbons (Fsp3) is 0.333. The summed E-state index contributed by atoms with van der Waals surface area (Å²) < 4.78 is 50.9. The summed E-state index contributed by atoms with van der Waals surface area (Å²) in [5, 5.41) is 4.17. The van der Waals surface area contributed by atoms with Crippen molar-refractivity contribution in [2.24, 2.45) is 0 Å². The van der Waals surface area contributed by atoms with Crippen LogP contribution in [0.15, 0.2) is 42.7 Å². The highest BCUT2D eigenvalue weighted by Crippen LogP contribution is 2.41. The number of anilines is 1. The van der Waals surface area contributed by atoms with E-state index in [0.29, 0.717) is 29.6 Å². The molecule has 9 heteroatoms. The number of carbonyl (C=O) groups is 1. The third kappa shape index (κ3) is 3.79. The Morgan fingerprint density at radius 2 is 2.13 bits per heavy atom. The molecule has 4 rings (SSSR count). The fourth-order valence-electron chi connectivity index (χ4n) is 3.90. The van der Waals surface area contributed by atoms with Gasteiger partial charge in [0.05, 0.1) is 24.4 Å². The lowest BCUT2D eigenvalue weighted by atomic mass is 10.0. The summed E-state index contributed by atoms with van der Waals surface area (Å²) in [6.45, 7) is -0.383. The number of rotatable bonds is 6. The maximum atomic E-state index is 13.9. The molecular formula is C21H20F3N3O3. The number of pyridine rings is 1. The van der Waals surface area contributed by atoms with Crippen LogP contribution >= 0.6 is 0 Å². The largest absolute Gasteiger partial charge is 0.462 e. The number of esters is 1. The number of nitrogens with zero attached hydrogens (tertiary/aromatic N) is 3. The minimum absolute atomic E-state index is 0.0408. The number of carbonyl (C=O) groups excluding carboxylic acids is 1. The van der Waals surface area contributed by atoms with E-state index in [0.717, 1.165) is 18.2 Å². The number of hydrogen-bond donors (Lipinski definition) is 0.